The Morgan fingerprint density at radius 2 is 1.23 bits per heavy atom. The third-order valence-corrected chi connectivity index (χ3v) is 12.9. The summed E-state index contributed by atoms with van der Waals surface area (Å²) in [5, 5.41) is 31.1. The van der Waals surface area contributed by atoms with E-state index in [9.17, 15) is 34.4 Å². The second-order valence-corrected chi connectivity index (χ2v) is 20.9. The summed E-state index contributed by atoms with van der Waals surface area (Å²) in [5.74, 6) is -1.30. The van der Waals surface area contributed by atoms with Crippen LogP contribution in [0.15, 0.2) is 36.5 Å². The minimum Gasteiger partial charge on any atom is -0.462 e. The number of carbonyl (C=O) groups is 2. The Kier molecular flexibility index (Phi) is 37.5. The smallest absolute Gasteiger partial charge is 0.462 e. The molecule has 0 spiro atoms. The average molecular weight is 959 g/mol. The van der Waals surface area contributed by atoms with E-state index in [1.165, 1.54) is 96.3 Å². The number of allylic oxidation sites excluding steroid dienone is 4. The monoisotopic (exact) mass is 959 g/mol. The van der Waals surface area contributed by atoms with Crippen LogP contribution in [0.3, 0.4) is 0 Å². The fourth-order valence-electron chi connectivity index (χ4n) is 7.75. The van der Waals surface area contributed by atoms with Crippen LogP contribution in [0, 0.1) is 5.92 Å². The molecule has 14 heteroatoms. The predicted octanol–water partition coefficient (Wildman–Crippen LogP) is 11.4. The summed E-state index contributed by atoms with van der Waals surface area (Å²) in [6, 6.07) is 0. The van der Waals surface area contributed by atoms with E-state index in [2.05, 4.69) is 26.0 Å². The molecule has 0 radical (unpaired) electrons. The van der Waals surface area contributed by atoms with Gasteiger partial charge in [0.25, 0.3) is 0 Å². The van der Waals surface area contributed by atoms with Gasteiger partial charge in [-0.3, -0.25) is 18.6 Å². The van der Waals surface area contributed by atoms with Crippen LogP contribution in [-0.4, -0.2) is 115 Å². The van der Waals surface area contributed by atoms with Gasteiger partial charge >= 0.3 is 19.8 Å². The van der Waals surface area contributed by atoms with Crippen LogP contribution >= 0.6 is 7.82 Å². The highest BCUT2D eigenvalue weighted by Gasteiger charge is 2.35. The molecule has 0 aromatic rings. The van der Waals surface area contributed by atoms with Gasteiger partial charge in [0.15, 0.2) is 12.4 Å². The van der Waals surface area contributed by atoms with E-state index < -0.39 is 57.1 Å². The third-order valence-electron chi connectivity index (χ3n) is 11.9. The minimum atomic E-state index is -4.45. The standard InChI is InChI=1S/C52H96NO12P/c1-6-8-10-11-12-13-14-15-16-17-18-19-20-21-22-23-24-25-26-27-33-37-51(57)64-46(44-63-66(59,60)62-41-40-53(3,4)5)43-61-50(56)36-32-29-28-31-35-47-48(55)42-52(58)65-49(47)39-38-45(54)34-30-9-7-2/h15-16,28,31,38-39,45-49,52,54-55,58H,6-14,17-27,29-30,32-37,40-44H2,1-5H3/p+1/b16-15-,31-28-,39-38+/t45-,46+,47-,48-,49+,52?/m0/s1. The Bertz CT molecular complexity index is 1340. The molecule has 1 aliphatic rings. The van der Waals surface area contributed by atoms with E-state index in [0.717, 1.165) is 38.5 Å². The van der Waals surface area contributed by atoms with Crippen LogP contribution in [0.2, 0.25) is 0 Å². The first-order chi connectivity index (χ1) is 31.7. The van der Waals surface area contributed by atoms with Crippen molar-refractivity contribution in [3.8, 4) is 0 Å². The molecule has 1 fully saturated rings. The third kappa shape index (κ3) is 37.0. The molecule has 4 N–H and O–H groups in total. The lowest BCUT2D eigenvalue weighted by molar-refractivity contribution is -0.870. The number of aliphatic hydroxyl groups excluding tert-OH is 3. The number of phosphoric ester groups is 1. The zero-order valence-electron chi connectivity index (χ0n) is 42.2. The zero-order valence-corrected chi connectivity index (χ0v) is 43.1. The Morgan fingerprint density at radius 3 is 1.83 bits per heavy atom. The molecular formula is C52H97NO12P+. The topological polar surface area (TPSA) is 178 Å². The van der Waals surface area contributed by atoms with Crippen molar-refractivity contribution in [1.82, 2.24) is 0 Å². The largest absolute Gasteiger partial charge is 0.472 e. The van der Waals surface area contributed by atoms with Crippen molar-refractivity contribution >= 4 is 19.8 Å². The molecule has 0 aromatic carbocycles. The Balaban J connectivity index is 2.42. The first-order valence-corrected chi connectivity index (χ1v) is 27.6. The maximum Gasteiger partial charge on any atom is 0.472 e. The summed E-state index contributed by atoms with van der Waals surface area (Å²) < 4.78 is 40.1. The summed E-state index contributed by atoms with van der Waals surface area (Å²) >= 11 is 0. The summed E-state index contributed by atoms with van der Waals surface area (Å²) in [4.78, 5) is 35.8. The fourth-order valence-corrected chi connectivity index (χ4v) is 8.50. The number of phosphoric acid groups is 1. The summed E-state index contributed by atoms with van der Waals surface area (Å²) in [6.07, 6.45) is 36.7. The van der Waals surface area contributed by atoms with Crippen molar-refractivity contribution in [3.05, 3.63) is 36.5 Å². The summed E-state index contributed by atoms with van der Waals surface area (Å²) in [5.41, 5.74) is 0. The molecule has 1 aliphatic heterocycles. The number of quaternary nitrogens is 1. The molecule has 1 saturated heterocycles. The van der Waals surface area contributed by atoms with Gasteiger partial charge in [0.1, 0.15) is 19.8 Å². The molecule has 1 heterocycles. The van der Waals surface area contributed by atoms with E-state index in [4.69, 9.17) is 23.3 Å². The number of carbonyl (C=O) groups excluding carboxylic acids is 2. The Hall–Kier alpha value is -1.93. The first-order valence-electron chi connectivity index (χ1n) is 26.1. The van der Waals surface area contributed by atoms with Gasteiger partial charge < -0.3 is 38.9 Å². The molecule has 7 atom stereocenters. The number of hydrogen-bond donors (Lipinski definition) is 4. The van der Waals surface area contributed by atoms with Gasteiger partial charge in [-0.25, -0.2) is 4.57 Å². The van der Waals surface area contributed by atoms with E-state index >= 15 is 0 Å². The normalized spacial score (nSPS) is 20.0. The molecule has 66 heavy (non-hydrogen) atoms. The van der Waals surface area contributed by atoms with Crippen molar-refractivity contribution in [2.24, 2.45) is 5.92 Å². The van der Waals surface area contributed by atoms with Crippen LogP contribution in [0.5, 0.6) is 0 Å². The zero-order chi connectivity index (χ0) is 48.7. The van der Waals surface area contributed by atoms with Crippen molar-refractivity contribution in [1.29, 1.82) is 0 Å². The molecule has 386 valence electrons. The van der Waals surface area contributed by atoms with Crippen molar-refractivity contribution < 1.29 is 62.1 Å². The molecule has 2 unspecified atom stereocenters. The number of rotatable bonds is 43. The molecule has 0 bridgehead atoms. The van der Waals surface area contributed by atoms with Crippen molar-refractivity contribution in [2.45, 2.75) is 231 Å². The van der Waals surface area contributed by atoms with E-state index in [1.807, 2.05) is 33.3 Å². The van der Waals surface area contributed by atoms with Crippen molar-refractivity contribution in [2.75, 3.05) is 47.5 Å². The fraction of sp³-hybridized carbons (Fsp3) is 0.846. The predicted molar refractivity (Wildman–Crippen MR) is 265 cm³/mol. The molecule has 13 nitrogen and oxygen atoms in total. The van der Waals surface area contributed by atoms with Crippen LogP contribution < -0.4 is 0 Å². The first kappa shape index (κ1) is 62.1. The number of hydrogen-bond acceptors (Lipinski definition) is 11. The molecule has 0 saturated carbocycles. The number of esters is 2. The number of aliphatic hydroxyl groups is 3. The van der Waals surface area contributed by atoms with Gasteiger partial charge in [-0.15, -0.1) is 0 Å². The lowest BCUT2D eigenvalue weighted by Crippen LogP contribution is -2.43. The van der Waals surface area contributed by atoms with Gasteiger partial charge in [0, 0.05) is 25.2 Å². The van der Waals surface area contributed by atoms with Gasteiger partial charge in [-0.2, -0.15) is 0 Å². The summed E-state index contributed by atoms with van der Waals surface area (Å²) in [7, 11) is 1.33. The molecule has 0 aromatic heterocycles. The van der Waals surface area contributed by atoms with E-state index in [0.29, 0.717) is 43.1 Å². The maximum absolute atomic E-state index is 12.8. The minimum absolute atomic E-state index is 0.0122. The van der Waals surface area contributed by atoms with Gasteiger partial charge in [0.2, 0.25) is 0 Å². The van der Waals surface area contributed by atoms with E-state index in [-0.39, 0.29) is 38.4 Å². The van der Waals surface area contributed by atoms with Crippen LogP contribution in [0.25, 0.3) is 0 Å². The van der Waals surface area contributed by atoms with E-state index in [1.54, 1.807) is 12.2 Å². The van der Waals surface area contributed by atoms with Crippen LogP contribution in [0.4, 0.5) is 0 Å². The molecule has 0 amide bonds. The maximum atomic E-state index is 12.8. The molecule has 1 rings (SSSR count). The SMILES string of the molecule is CCCCCCCC/C=C\CCCCCCCCCCCCCC(=O)O[C@H](COC(=O)CCC/C=C\C[C@H]1[C@@H](O)CC(O)O[C@@H]1/C=C/[C@@H](O)CCCCC)COP(=O)(O)OCC[N+](C)(C)C. The highest BCUT2D eigenvalue weighted by molar-refractivity contribution is 7.47. The number of ether oxygens (including phenoxy) is 3. The molecular weight excluding hydrogens is 862 g/mol. The Morgan fingerprint density at radius 1 is 0.697 bits per heavy atom. The second-order valence-electron chi connectivity index (χ2n) is 19.4. The second kappa shape index (κ2) is 39.9. The average Bonchev–Trinajstić information content (AvgIpc) is 3.25. The highest BCUT2D eigenvalue weighted by atomic mass is 31.2. The number of likely N-dealkylation sites (N-methyl/N-ethyl adjacent to an activating group) is 1. The van der Waals surface area contributed by atoms with Gasteiger partial charge in [-0.05, 0) is 57.8 Å². The number of unbranched alkanes of at least 4 members (excludes halogenated alkanes) is 20. The summed E-state index contributed by atoms with van der Waals surface area (Å²) in [6.45, 7) is 4.02. The van der Waals surface area contributed by atoms with Gasteiger partial charge in [0.05, 0.1) is 46.1 Å². The lowest BCUT2D eigenvalue weighted by atomic mass is 9.87. The quantitative estimate of drug-likeness (QED) is 0.0150. The lowest BCUT2D eigenvalue weighted by Gasteiger charge is -2.36. The Labute approximate surface area is 401 Å². The number of nitrogens with zero attached hydrogens (tertiary/aromatic N) is 1. The molecule has 0 aliphatic carbocycles. The van der Waals surface area contributed by atoms with Crippen LogP contribution in [0.1, 0.15) is 200 Å². The highest BCUT2D eigenvalue weighted by Crippen LogP contribution is 2.43. The van der Waals surface area contributed by atoms with Gasteiger partial charge in [-0.1, -0.05) is 159 Å². The van der Waals surface area contributed by atoms with Crippen LogP contribution in [-0.2, 0) is 37.4 Å². The van der Waals surface area contributed by atoms with Crippen molar-refractivity contribution in [3.63, 3.8) is 0 Å².